The van der Waals surface area contributed by atoms with E-state index in [4.69, 9.17) is 20.4 Å². The number of carbonyl (C=O) groups excluding carboxylic acids is 1. The van der Waals surface area contributed by atoms with E-state index < -0.39 is 5.54 Å². The van der Waals surface area contributed by atoms with Crippen molar-refractivity contribution in [3.63, 3.8) is 0 Å². The van der Waals surface area contributed by atoms with Crippen LogP contribution in [0.1, 0.15) is 29.9 Å². The van der Waals surface area contributed by atoms with Crippen LogP contribution in [0.5, 0.6) is 0 Å². The van der Waals surface area contributed by atoms with Crippen LogP contribution in [0, 0.1) is 18.3 Å². The van der Waals surface area contributed by atoms with Gasteiger partial charge in [-0.3, -0.25) is 14.6 Å². The van der Waals surface area contributed by atoms with E-state index in [2.05, 4.69) is 32.7 Å². The fourth-order valence-electron chi connectivity index (χ4n) is 5.62. The first kappa shape index (κ1) is 26.7. The molecule has 5 heterocycles. The monoisotopic (exact) mass is 558 g/mol. The Morgan fingerprint density at radius 3 is 2.62 bits per heavy atom. The van der Waals surface area contributed by atoms with Gasteiger partial charge in [-0.15, -0.1) is 11.3 Å². The first-order chi connectivity index (χ1) is 19.3. The van der Waals surface area contributed by atoms with Gasteiger partial charge in [-0.25, -0.2) is 9.97 Å². The number of nitrogens with two attached hydrogens (primary N) is 1. The number of carbonyl (C=O) groups is 1. The smallest absolute Gasteiger partial charge is 0.237 e. The highest BCUT2D eigenvalue weighted by Gasteiger charge is 2.35. The van der Waals surface area contributed by atoms with Crippen molar-refractivity contribution in [2.75, 3.05) is 57.4 Å². The number of aromatic amines is 1. The average molecular weight is 559 g/mol. The van der Waals surface area contributed by atoms with Gasteiger partial charge in [-0.2, -0.15) is 5.26 Å². The summed E-state index contributed by atoms with van der Waals surface area (Å²) in [5.74, 6) is 1.27. The number of amides is 1. The highest BCUT2D eigenvalue weighted by molar-refractivity contribution is 7.19. The molecule has 2 aliphatic rings. The Hall–Kier alpha value is -3.56. The summed E-state index contributed by atoms with van der Waals surface area (Å²) in [6.45, 7) is 13.0. The summed E-state index contributed by atoms with van der Waals surface area (Å²) in [7, 11) is 0. The Morgan fingerprint density at radius 2 is 1.93 bits per heavy atom. The number of nitriles is 1. The molecule has 0 atom stereocenters. The van der Waals surface area contributed by atoms with Crippen molar-refractivity contribution in [2.24, 2.45) is 5.73 Å². The van der Waals surface area contributed by atoms with Crippen LogP contribution in [0.3, 0.4) is 0 Å². The van der Waals surface area contributed by atoms with E-state index in [0.717, 1.165) is 78.3 Å². The summed E-state index contributed by atoms with van der Waals surface area (Å²) >= 11 is 1.77. The first-order valence-electron chi connectivity index (χ1n) is 13.7. The molecule has 208 valence electrons. The number of piperazine rings is 1. The maximum atomic E-state index is 11.9. The topological polar surface area (TPSA) is 127 Å². The molecule has 3 aromatic heterocycles. The third kappa shape index (κ3) is 4.71. The van der Waals surface area contributed by atoms with Gasteiger partial charge in [0.05, 0.1) is 40.6 Å². The van der Waals surface area contributed by atoms with Crippen LogP contribution in [0.4, 0.5) is 5.82 Å². The van der Waals surface area contributed by atoms with E-state index >= 15 is 0 Å². The predicted octanol–water partition coefficient (Wildman–Crippen LogP) is 3.24. The number of morpholine rings is 1. The van der Waals surface area contributed by atoms with Gasteiger partial charge in [0.25, 0.3) is 0 Å². The van der Waals surface area contributed by atoms with Crippen LogP contribution in [0.15, 0.2) is 24.4 Å². The largest absolute Gasteiger partial charge is 0.378 e. The minimum Gasteiger partial charge on any atom is -0.378 e. The van der Waals surface area contributed by atoms with Crippen LogP contribution in [-0.4, -0.2) is 88.7 Å². The molecule has 0 aliphatic carbocycles. The SMILES string of the molecule is Cc1c(CN2CCN(C(C)(C)C(N)=O)CC2)sc2c(N3CCOCC3)nc(-c3cc(C#N)cc4[nH]ccc34)nc12. The first-order valence-corrected chi connectivity index (χ1v) is 14.5. The van der Waals surface area contributed by atoms with Gasteiger partial charge in [-0.1, -0.05) is 0 Å². The summed E-state index contributed by atoms with van der Waals surface area (Å²) in [5, 5.41) is 10.7. The molecule has 3 N–H and O–H groups in total. The normalized spacial score (nSPS) is 17.5. The number of H-pyrrole nitrogens is 1. The van der Waals surface area contributed by atoms with Crippen LogP contribution >= 0.6 is 11.3 Å². The molecule has 10 nitrogen and oxygen atoms in total. The van der Waals surface area contributed by atoms with E-state index in [1.54, 1.807) is 11.3 Å². The number of fused-ring (bicyclic) bond motifs is 2. The van der Waals surface area contributed by atoms with Crippen molar-refractivity contribution in [2.45, 2.75) is 32.9 Å². The van der Waals surface area contributed by atoms with Crippen molar-refractivity contribution in [3.8, 4) is 17.5 Å². The lowest BCUT2D eigenvalue weighted by Gasteiger charge is -2.42. The van der Waals surface area contributed by atoms with E-state index in [1.807, 2.05) is 38.2 Å². The fourth-order valence-corrected chi connectivity index (χ4v) is 6.92. The fraction of sp³-hybridized carbons (Fsp3) is 0.448. The van der Waals surface area contributed by atoms with E-state index in [0.29, 0.717) is 24.6 Å². The number of hydrogen-bond donors (Lipinski definition) is 2. The summed E-state index contributed by atoms with van der Waals surface area (Å²) in [6.07, 6.45) is 1.88. The Labute approximate surface area is 237 Å². The van der Waals surface area contributed by atoms with Gasteiger partial charge in [-0.05, 0) is 44.5 Å². The summed E-state index contributed by atoms with van der Waals surface area (Å²) < 4.78 is 6.73. The number of ether oxygens (including phenoxy) is 1. The van der Waals surface area contributed by atoms with Gasteiger partial charge in [0, 0.05) is 73.4 Å². The number of rotatable bonds is 6. The van der Waals surface area contributed by atoms with Crippen molar-refractivity contribution in [1.29, 1.82) is 5.26 Å². The zero-order chi connectivity index (χ0) is 28.0. The maximum absolute atomic E-state index is 11.9. The van der Waals surface area contributed by atoms with Gasteiger partial charge < -0.3 is 20.4 Å². The molecule has 6 rings (SSSR count). The molecule has 1 amide bonds. The second kappa shape index (κ2) is 10.4. The number of primary amides is 1. The predicted molar refractivity (Wildman–Crippen MR) is 157 cm³/mol. The second-order valence-electron chi connectivity index (χ2n) is 11.1. The summed E-state index contributed by atoms with van der Waals surface area (Å²) in [5.41, 5.74) is 9.46. The molecular weight excluding hydrogens is 524 g/mol. The Balaban J connectivity index is 1.38. The van der Waals surface area contributed by atoms with E-state index in [1.165, 1.54) is 10.4 Å². The molecule has 0 unspecified atom stereocenters. The Kier molecular flexibility index (Phi) is 6.96. The molecule has 2 aliphatic heterocycles. The van der Waals surface area contributed by atoms with Crippen molar-refractivity contribution < 1.29 is 9.53 Å². The summed E-state index contributed by atoms with van der Waals surface area (Å²) in [4.78, 5) is 33.6. The van der Waals surface area contributed by atoms with Crippen LogP contribution in [0.2, 0.25) is 0 Å². The molecule has 40 heavy (non-hydrogen) atoms. The minimum absolute atomic E-state index is 0.288. The highest BCUT2D eigenvalue weighted by atomic mass is 32.1. The quantitative estimate of drug-likeness (QED) is 0.369. The number of nitrogens with one attached hydrogen (secondary N) is 1. The van der Waals surface area contributed by atoms with E-state index in [9.17, 15) is 10.1 Å². The van der Waals surface area contributed by atoms with Gasteiger partial charge in [0.1, 0.15) is 0 Å². The van der Waals surface area contributed by atoms with Gasteiger partial charge in [0.15, 0.2) is 11.6 Å². The zero-order valence-electron chi connectivity index (χ0n) is 23.2. The highest BCUT2D eigenvalue weighted by Crippen LogP contribution is 2.39. The number of anilines is 1. The minimum atomic E-state index is -0.646. The number of hydrogen-bond acceptors (Lipinski definition) is 9. The van der Waals surface area contributed by atoms with E-state index in [-0.39, 0.29) is 5.91 Å². The third-order valence-electron chi connectivity index (χ3n) is 8.33. The molecule has 4 aromatic rings. The third-order valence-corrected chi connectivity index (χ3v) is 9.59. The average Bonchev–Trinajstić information content (AvgIpc) is 3.57. The van der Waals surface area contributed by atoms with Gasteiger partial charge >= 0.3 is 0 Å². The maximum Gasteiger partial charge on any atom is 0.237 e. The lowest BCUT2D eigenvalue weighted by Crippen LogP contribution is -2.59. The van der Waals surface area contributed by atoms with Crippen LogP contribution < -0.4 is 10.6 Å². The molecule has 0 saturated carbocycles. The Bertz CT molecular complexity index is 1620. The molecule has 2 fully saturated rings. The number of aryl methyl sites for hydroxylation is 1. The molecule has 0 bridgehead atoms. The zero-order valence-corrected chi connectivity index (χ0v) is 24.0. The van der Waals surface area contributed by atoms with Gasteiger partial charge in [0.2, 0.25) is 5.91 Å². The molecular formula is C29H34N8O2S. The number of thiophene rings is 1. The molecule has 11 heteroatoms. The lowest BCUT2D eigenvalue weighted by molar-refractivity contribution is -0.129. The van der Waals surface area contributed by atoms with Crippen molar-refractivity contribution in [1.82, 2.24) is 24.8 Å². The number of benzene rings is 1. The molecule has 2 saturated heterocycles. The lowest BCUT2D eigenvalue weighted by atomic mass is 10.0. The molecule has 0 radical (unpaired) electrons. The molecule has 1 aromatic carbocycles. The number of nitrogens with zero attached hydrogens (tertiary/aromatic N) is 6. The van der Waals surface area contributed by atoms with Crippen molar-refractivity contribution >= 4 is 44.2 Å². The molecule has 0 spiro atoms. The second-order valence-corrected chi connectivity index (χ2v) is 12.2. The Morgan fingerprint density at radius 1 is 1.18 bits per heavy atom. The summed E-state index contributed by atoms with van der Waals surface area (Å²) in [6, 6.07) is 8.04. The standard InChI is InChI=1S/C29H34N8O2S/c1-18-23(17-35-6-8-37(9-7-35)29(2,3)28(31)38)40-25-24(18)33-26(34-27(25)36-10-12-39-13-11-36)21-14-19(16-30)15-22-20(21)4-5-32-22/h4-5,14-15,32H,6-13,17H2,1-3H3,(H2,31,38). The van der Waals surface area contributed by atoms with Crippen molar-refractivity contribution in [3.05, 3.63) is 40.4 Å². The van der Waals surface area contributed by atoms with Crippen LogP contribution in [-0.2, 0) is 16.1 Å². The number of aromatic nitrogens is 3. The van der Waals surface area contributed by atoms with Crippen LogP contribution in [0.25, 0.3) is 32.5 Å².